The molecule has 0 aromatic rings. The molecule has 3 saturated carbocycles. The highest BCUT2D eigenvalue weighted by Gasteiger charge is 2.69. The molecule has 0 amide bonds. The summed E-state index contributed by atoms with van der Waals surface area (Å²) in [5.41, 5.74) is 1.45. The largest absolute Gasteiger partial charge is 0.394 e. The first-order valence-corrected chi connectivity index (χ1v) is 23.4. The Morgan fingerprint density at radius 2 is 1.34 bits per heavy atom. The fraction of sp³-hybridized carbons (Fsp3) is 0.956. The van der Waals surface area contributed by atoms with Crippen LogP contribution in [0.1, 0.15) is 92.4 Å². The van der Waals surface area contributed by atoms with Gasteiger partial charge in [-0.1, -0.05) is 39.3 Å². The molecule has 62 heavy (non-hydrogen) atoms. The highest BCUT2D eigenvalue weighted by molar-refractivity contribution is 5.26. The van der Waals surface area contributed by atoms with E-state index in [0.717, 1.165) is 51.6 Å². The van der Waals surface area contributed by atoms with Gasteiger partial charge in [-0.3, -0.25) is 0 Å². The summed E-state index contributed by atoms with van der Waals surface area (Å²) in [5, 5.41) is 95.8. The second kappa shape index (κ2) is 17.3. The molecule has 9 rings (SSSR count). The van der Waals surface area contributed by atoms with Crippen molar-refractivity contribution < 1.29 is 83.9 Å². The maximum Gasteiger partial charge on any atom is 0.187 e. The first-order valence-electron chi connectivity index (χ1n) is 23.4. The molecule has 9 N–H and O–H groups in total. The molecule has 0 aromatic heterocycles. The van der Waals surface area contributed by atoms with Gasteiger partial charge in [0.2, 0.25) is 0 Å². The minimum Gasteiger partial charge on any atom is -0.394 e. The first-order chi connectivity index (χ1) is 29.4. The van der Waals surface area contributed by atoms with Crippen LogP contribution in [0.3, 0.4) is 0 Å². The average molecular weight is 885 g/mol. The lowest BCUT2D eigenvalue weighted by Crippen LogP contribution is -2.67. The lowest BCUT2D eigenvalue weighted by atomic mass is 9.47. The molecular formula is C45H72O17. The maximum absolute atomic E-state index is 11.6. The van der Waals surface area contributed by atoms with E-state index < -0.39 is 117 Å². The molecule has 0 bridgehead atoms. The Labute approximate surface area is 363 Å². The van der Waals surface area contributed by atoms with Gasteiger partial charge in [0.1, 0.15) is 67.1 Å². The van der Waals surface area contributed by atoms with Gasteiger partial charge in [0, 0.05) is 12.3 Å². The third-order valence-electron chi connectivity index (χ3n) is 17.7. The van der Waals surface area contributed by atoms with Crippen LogP contribution in [0.25, 0.3) is 0 Å². The Hall–Kier alpha value is -0.940. The molecule has 0 radical (unpaired) electrons. The highest BCUT2D eigenvalue weighted by Crippen LogP contribution is 2.70. The Kier molecular flexibility index (Phi) is 12.9. The number of ether oxygens (including phenoxy) is 8. The number of allylic oxidation sites excluding steroid dienone is 1. The number of aliphatic hydroxyl groups is 9. The van der Waals surface area contributed by atoms with Crippen LogP contribution >= 0.6 is 0 Å². The minimum atomic E-state index is -1.84. The predicted octanol–water partition coefficient (Wildman–Crippen LogP) is 0.214. The van der Waals surface area contributed by atoms with Crippen LogP contribution in [0, 0.1) is 46.3 Å². The fourth-order valence-corrected chi connectivity index (χ4v) is 14.0. The molecule has 5 saturated heterocycles. The van der Waals surface area contributed by atoms with Crippen LogP contribution in [-0.4, -0.2) is 176 Å². The summed E-state index contributed by atoms with van der Waals surface area (Å²) >= 11 is 0. The van der Waals surface area contributed by atoms with Crippen molar-refractivity contribution >= 4 is 0 Å². The summed E-state index contributed by atoms with van der Waals surface area (Å²) in [5.74, 6) is 2.52. The van der Waals surface area contributed by atoms with E-state index in [9.17, 15) is 46.0 Å². The first kappa shape index (κ1) is 46.2. The van der Waals surface area contributed by atoms with E-state index in [1.54, 1.807) is 0 Å². The predicted molar refractivity (Wildman–Crippen MR) is 214 cm³/mol. The topological polar surface area (TPSA) is 256 Å². The molecule has 9 aliphatic rings. The molecule has 17 heteroatoms. The van der Waals surface area contributed by atoms with Gasteiger partial charge in [0.25, 0.3) is 0 Å². The molecule has 1 spiro atoms. The third kappa shape index (κ3) is 7.49. The van der Waals surface area contributed by atoms with Crippen LogP contribution in [0.15, 0.2) is 11.6 Å². The molecule has 0 aromatic carbocycles. The summed E-state index contributed by atoms with van der Waals surface area (Å²) in [6, 6.07) is 0. The molecule has 354 valence electrons. The summed E-state index contributed by atoms with van der Waals surface area (Å²) < 4.78 is 50.3. The Balaban J connectivity index is 0.940. The van der Waals surface area contributed by atoms with Gasteiger partial charge >= 0.3 is 0 Å². The van der Waals surface area contributed by atoms with Gasteiger partial charge in [-0.15, -0.1) is 0 Å². The minimum absolute atomic E-state index is 0.0484. The Morgan fingerprint density at radius 3 is 2.03 bits per heavy atom. The lowest BCUT2D eigenvalue weighted by Gasteiger charge is -2.59. The monoisotopic (exact) mass is 884 g/mol. The van der Waals surface area contributed by atoms with Crippen molar-refractivity contribution in [1.82, 2.24) is 0 Å². The van der Waals surface area contributed by atoms with E-state index >= 15 is 0 Å². The number of fused-ring (bicyclic) bond motifs is 7. The highest BCUT2D eigenvalue weighted by atomic mass is 16.8. The van der Waals surface area contributed by atoms with E-state index in [-0.39, 0.29) is 16.9 Å². The van der Waals surface area contributed by atoms with E-state index in [2.05, 4.69) is 33.8 Å². The van der Waals surface area contributed by atoms with Crippen molar-refractivity contribution in [2.75, 3.05) is 19.8 Å². The van der Waals surface area contributed by atoms with Crippen molar-refractivity contribution in [3.8, 4) is 0 Å². The van der Waals surface area contributed by atoms with E-state index in [1.165, 1.54) is 12.5 Å². The maximum atomic E-state index is 11.6. The summed E-state index contributed by atoms with van der Waals surface area (Å²) in [6.45, 7) is 10.4. The van der Waals surface area contributed by atoms with Crippen molar-refractivity contribution in [3.05, 3.63) is 11.6 Å². The van der Waals surface area contributed by atoms with Gasteiger partial charge in [-0.25, -0.2) is 0 Å². The van der Waals surface area contributed by atoms with Crippen molar-refractivity contribution in [2.24, 2.45) is 46.3 Å². The zero-order valence-corrected chi connectivity index (χ0v) is 36.6. The van der Waals surface area contributed by atoms with E-state index in [0.29, 0.717) is 48.3 Å². The number of hydrogen-bond donors (Lipinski definition) is 9. The van der Waals surface area contributed by atoms with Crippen molar-refractivity contribution in [3.63, 3.8) is 0 Å². The van der Waals surface area contributed by atoms with Gasteiger partial charge in [0.15, 0.2) is 24.7 Å². The summed E-state index contributed by atoms with van der Waals surface area (Å²) in [7, 11) is 0. The number of rotatable bonds is 8. The lowest BCUT2D eigenvalue weighted by molar-refractivity contribution is -0.394. The van der Waals surface area contributed by atoms with Gasteiger partial charge in [-0.2, -0.15) is 0 Å². The number of aliphatic hydroxyl groups excluding tert-OH is 9. The normalized spacial score (nSPS) is 57.6. The molecule has 5 aliphatic heterocycles. The van der Waals surface area contributed by atoms with Crippen LogP contribution in [-0.2, 0) is 37.9 Å². The molecular weight excluding hydrogens is 812 g/mol. The second-order valence-electron chi connectivity index (χ2n) is 21.1. The summed E-state index contributed by atoms with van der Waals surface area (Å²) in [4.78, 5) is 0. The van der Waals surface area contributed by atoms with Gasteiger partial charge in [-0.05, 0) is 98.7 Å². The van der Waals surface area contributed by atoms with Gasteiger partial charge < -0.3 is 83.9 Å². The van der Waals surface area contributed by atoms with Crippen LogP contribution < -0.4 is 0 Å². The molecule has 8 fully saturated rings. The second-order valence-corrected chi connectivity index (χ2v) is 21.1. The van der Waals surface area contributed by atoms with Crippen molar-refractivity contribution in [2.45, 2.75) is 203 Å². The quantitative estimate of drug-likeness (QED) is 0.148. The standard InChI is InChI=1S/C45H72O17/c1-19-8-13-45(55-18-19)20(2)30-27(62-45)15-26-24-7-6-22-14-23(9-11-43(22,4)25(24)10-12-44(26,30)5)57-42-39(61-40-36(53)34(51)31(48)21(3)56-40)38(33(50)29(17-47)59-42)60-41-37(54)35(52)32(49)28(16-46)58-41/h6,19-21,23-42,46-54H,7-18H2,1-5H3/t19-,20+,21+,23+,24-,25+,26+,27+,28-,29-,30+,31+,32-,33-,34-,35+,36-,37-,38+,39-,40+,41+,42-,43+,44+,45+/m1/s1. The van der Waals surface area contributed by atoms with Gasteiger partial charge in [0.05, 0.1) is 38.1 Å². The smallest absolute Gasteiger partial charge is 0.187 e. The molecule has 26 atom stereocenters. The fourth-order valence-electron chi connectivity index (χ4n) is 14.0. The molecule has 4 aliphatic carbocycles. The number of hydrogen-bond acceptors (Lipinski definition) is 17. The average Bonchev–Trinajstić information content (AvgIpc) is 3.70. The van der Waals surface area contributed by atoms with E-state index in [1.807, 2.05) is 0 Å². The van der Waals surface area contributed by atoms with Crippen molar-refractivity contribution in [1.29, 1.82) is 0 Å². The molecule has 0 unspecified atom stereocenters. The zero-order chi connectivity index (χ0) is 44.2. The van der Waals surface area contributed by atoms with Crippen LogP contribution in [0.5, 0.6) is 0 Å². The van der Waals surface area contributed by atoms with Crippen LogP contribution in [0.2, 0.25) is 0 Å². The zero-order valence-electron chi connectivity index (χ0n) is 36.6. The third-order valence-corrected chi connectivity index (χ3v) is 17.7. The van der Waals surface area contributed by atoms with E-state index in [4.69, 9.17) is 37.9 Å². The Morgan fingerprint density at radius 1 is 0.677 bits per heavy atom. The Bertz CT molecular complexity index is 1610. The molecule has 5 heterocycles. The van der Waals surface area contributed by atoms with Crippen LogP contribution in [0.4, 0.5) is 0 Å². The molecule has 17 nitrogen and oxygen atoms in total. The summed E-state index contributed by atoms with van der Waals surface area (Å²) in [6.07, 6.45) is -12.4. The SMILES string of the molecule is C[C@@H]1CC[C@]2(OC1)O[C@H]1C[C@H]3[C@@H]4CC=C5C[C@@H](O[C@@H]6O[C@H](CO)[C@@H](O)[C@H](O[C@@H]7O[C@H](CO)[C@@H](O)[C@H](O)[C@H]7O)[C@H]6O[C@@H]6O[C@@H](C)[C@H](O)[C@@H](O)[C@H]6O)CC[C@]5(C)[C@H]4CC[C@]3(C)[C@H]1[C@@H]2C.